The van der Waals surface area contributed by atoms with Crippen molar-refractivity contribution in [3.8, 4) is 0 Å². The van der Waals surface area contributed by atoms with Crippen LogP contribution in [-0.2, 0) is 19.1 Å². The fraction of sp³-hybridized carbons (Fsp3) is 0.762. The Hall–Kier alpha value is -1.89. The summed E-state index contributed by atoms with van der Waals surface area (Å²) in [5, 5.41) is 12.4. The van der Waals surface area contributed by atoms with Crippen molar-refractivity contribution in [1.29, 1.82) is 0 Å². The van der Waals surface area contributed by atoms with E-state index in [1.54, 1.807) is 18.7 Å². The molecule has 7 heteroatoms. The van der Waals surface area contributed by atoms with Gasteiger partial charge in [0.25, 0.3) is 0 Å². The second kappa shape index (κ2) is 10.6. The van der Waals surface area contributed by atoms with Crippen molar-refractivity contribution in [2.45, 2.75) is 76.8 Å². The molecule has 2 heterocycles. The van der Waals surface area contributed by atoms with Crippen LogP contribution in [0.5, 0.6) is 0 Å². The van der Waals surface area contributed by atoms with Crippen LogP contribution in [0.25, 0.3) is 0 Å². The van der Waals surface area contributed by atoms with Crippen LogP contribution >= 0.6 is 0 Å². The minimum atomic E-state index is -0.705. The predicted molar refractivity (Wildman–Crippen MR) is 105 cm³/mol. The molecule has 2 amide bonds. The van der Waals surface area contributed by atoms with E-state index in [0.29, 0.717) is 19.4 Å². The number of hydrogen-bond acceptors (Lipinski definition) is 5. The maximum atomic E-state index is 12.9. The van der Waals surface area contributed by atoms with Crippen molar-refractivity contribution >= 4 is 17.8 Å². The van der Waals surface area contributed by atoms with E-state index in [-0.39, 0.29) is 43.5 Å². The molecule has 7 nitrogen and oxygen atoms in total. The summed E-state index contributed by atoms with van der Waals surface area (Å²) in [6.07, 6.45) is 9.14. The van der Waals surface area contributed by atoms with E-state index in [4.69, 9.17) is 4.74 Å². The maximum absolute atomic E-state index is 12.9. The lowest BCUT2D eigenvalue weighted by Gasteiger charge is -2.29. The van der Waals surface area contributed by atoms with Crippen LogP contribution in [0, 0.1) is 5.92 Å². The Morgan fingerprint density at radius 2 is 2.07 bits per heavy atom. The monoisotopic (exact) mass is 394 g/mol. The number of nitrogens with one attached hydrogen (secondary N) is 1. The van der Waals surface area contributed by atoms with E-state index in [1.807, 2.05) is 12.2 Å². The zero-order valence-corrected chi connectivity index (χ0v) is 17.1. The van der Waals surface area contributed by atoms with E-state index < -0.39 is 11.5 Å². The molecule has 0 aromatic heterocycles. The number of allylic oxidation sites excluding steroid dienone is 2. The van der Waals surface area contributed by atoms with Crippen molar-refractivity contribution in [1.82, 2.24) is 10.2 Å². The fourth-order valence-corrected chi connectivity index (χ4v) is 3.68. The van der Waals surface area contributed by atoms with Gasteiger partial charge in [-0.1, -0.05) is 12.2 Å². The minimum absolute atomic E-state index is 0.0408. The molecule has 2 atom stereocenters. The standard InChI is InChI=1S/C21H34N2O5/c1-21(2)15-28-19(26)11-7-5-3-4-6-9-16(20(27)22-21)13-18(25)23-12-8-10-17(23)14-24/h4,6,16-17,24H,3,5,7-15H2,1-2H3,(H,22,27)/t16-,17+/m1/s1. The number of amides is 2. The van der Waals surface area contributed by atoms with E-state index in [2.05, 4.69) is 5.32 Å². The number of ether oxygens (including phenoxy) is 1. The normalized spacial score (nSPS) is 27.0. The van der Waals surface area contributed by atoms with Gasteiger partial charge < -0.3 is 20.1 Å². The molecular weight excluding hydrogens is 360 g/mol. The first-order valence-electron chi connectivity index (χ1n) is 10.4. The van der Waals surface area contributed by atoms with Crippen LogP contribution in [0.4, 0.5) is 0 Å². The second-order valence-corrected chi connectivity index (χ2v) is 8.45. The number of esters is 1. The van der Waals surface area contributed by atoms with Gasteiger partial charge in [-0.05, 0) is 52.4 Å². The van der Waals surface area contributed by atoms with Gasteiger partial charge in [-0.15, -0.1) is 0 Å². The number of rotatable bonds is 3. The van der Waals surface area contributed by atoms with Gasteiger partial charge in [0.15, 0.2) is 0 Å². The summed E-state index contributed by atoms with van der Waals surface area (Å²) in [5.74, 6) is -1.04. The molecule has 0 saturated carbocycles. The van der Waals surface area contributed by atoms with E-state index in [1.165, 1.54) is 0 Å². The fourth-order valence-electron chi connectivity index (χ4n) is 3.68. The van der Waals surface area contributed by atoms with Gasteiger partial charge in [-0.25, -0.2) is 0 Å². The highest BCUT2D eigenvalue weighted by Crippen LogP contribution is 2.22. The van der Waals surface area contributed by atoms with Crippen molar-refractivity contribution < 1.29 is 24.2 Å². The molecule has 1 fully saturated rings. The highest BCUT2D eigenvalue weighted by Gasteiger charge is 2.33. The van der Waals surface area contributed by atoms with Crippen LogP contribution in [0.3, 0.4) is 0 Å². The summed E-state index contributed by atoms with van der Waals surface area (Å²) in [7, 11) is 0. The smallest absolute Gasteiger partial charge is 0.305 e. The lowest BCUT2D eigenvalue weighted by atomic mass is 9.96. The lowest BCUT2D eigenvalue weighted by molar-refractivity contribution is -0.147. The molecule has 28 heavy (non-hydrogen) atoms. The second-order valence-electron chi connectivity index (χ2n) is 8.45. The number of aliphatic hydroxyl groups excluding tert-OH is 1. The third-order valence-electron chi connectivity index (χ3n) is 5.34. The highest BCUT2D eigenvalue weighted by molar-refractivity contribution is 5.86. The van der Waals surface area contributed by atoms with Gasteiger partial charge in [0.1, 0.15) is 6.61 Å². The number of nitrogens with zero attached hydrogens (tertiary/aromatic N) is 1. The Morgan fingerprint density at radius 1 is 1.29 bits per heavy atom. The Kier molecular flexibility index (Phi) is 8.48. The summed E-state index contributed by atoms with van der Waals surface area (Å²) >= 11 is 0. The first kappa shape index (κ1) is 22.4. The molecule has 1 saturated heterocycles. The topological polar surface area (TPSA) is 95.9 Å². The van der Waals surface area contributed by atoms with E-state index in [0.717, 1.165) is 32.1 Å². The average Bonchev–Trinajstić information content (AvgIpc) is 3.12. The number of carbonyl (C=O) groups is 3. The summed E-state index contributed by atoms with van der Waals surface area (Å²) in [5.41, 5.74) is -0.705. The summed E-state index contributed by atoms with van der Waals surface area (Å²) in [6, 6.07) is -0.138. The van der Waals surface area contributed by atoms with Gasteiger partial charge in [-0.3, -0.25) is 14.4 Å². The SMILES string of the molecule is CC1(C)COC(=O)CCCCC=CC[C@H](CC(=O)N2CCC[C@H]2CO)C(=O)N1. The molecule has 0 unspecified atom stereocenters. The highest BCUT2D eigenvalue weighted by atomic mass is 16.5. The summed E-state index contributed by atoms with van der Waals surface area (Å²) < 4.78 is 5.30. The zero-order valence-electron chi connectivity index (χ0n) is 17.1. The van der Waals surface area contributed by atoms with Gasteiger partial charge >= 0.3 is 5.97 Å². The first-order chi connectivity index (χ1) is 13.3. The molecule has 2 N–H and O–H groups in total. The maximum Gasteiger partial charge on any atom is 0.305 e. The average molecular weight is 395 g/mol. The van der Waals surface area contributed by atoms with Crippen LogP contribution in [0.1, 0.15) is 65.2 Å². The zero-order chi connectivity index (χ0) is 20.6. The van der Waals surface area contributed by atoms with E-state index >= 15 is 0 Å². The molecule has 0 aromatic carbocycles. The molecule has 2 aliphatic rings. The lowest BCUT2D eigenvalue weighted by Crippen LogP contribution is -2.50. The van der Waals surface area contributed by atoms with Crippen molar-refractivity contribution in [3.05, 3.63) is 12.2 Å². The Balaban J connectivity index is 2.07. The van der Waals surface area contributed by atoms with Crippen molar-refractivity contribution in [2.24, 2.45) is 5.92 Å². The molecule has 158 valence electrons. The quantitative estimate of drug-likeness (QED) is 0.563. The summed E-state index contributed by atoms with van der Waals surface area (Å²) in [6.45, 7) is 4.31. The van der Waals surface area contributed by atoms with Gasteiger partial charge in [0.05, 0.1) is 24.1 Å². The van der Waals surface area contributed by atoms with Crippen LogP contribution in [-0.4, -0.2) is 59.1 Å². The van der Waals surface area contributed by atoms with Gasteiger partial charge in [-0.2, -0.15) is 0 Å². The molecule has 2 aliphatic heterocycles. The van der Waals surface area contributed by atoms with Gasteiger partial charge in [0, 0.05) is 19.4 Å². The van der Waals surface area contributed by atoms with Gasteiger partial charge in [0.2, 0.25) is 11.8 Å². The minimum Gasteiger partial charge on any atom is -0.463 e. The van der Waals surface area contributed by atoms with Crippen LogP contribution in [0.15, 0.2) is 12.2 Å². The van der Waals surface area contributed by atoms with Crippen LogP contribution in [0.2, 0.25) is 0 Å². The number of likely N-dealkylation sites (tertiary alicyclic amines) is 1. The van der Waals surface area contributed by atoms with Crippen LogP contribution < -0.4 is 5.32 Å². The van der Waals surface area contributed by atoms with Crippen molar-refractivity contribution in [2.75, 3.05) is 19.8 Å². The Labute approximate surface area is 167 Å². The van der Waals surface area contributed by atoms with Crippen molar-refractivity contribution in [3.63, 3.8) is 0 Å². The Bertz CT molecular complexity index is 587. The number of carbonyl (C=O) groups excluding carboxylic acids is 3. The number of aliphatic hydroxyl groups is 1. The largest absolute Gasteiger partial charge is 0.463 e. The Morgan fingerprint density at radius 3 is 2.82 bits per heavy atom. The predicted octanol–water partition coefficient (Wildman–Crippen LogP) is 1.93. The van der Waals surface area contributed by atoms with E-state index in [9.17, 15) is 19.5 Å². The molecule has 0 spiro atoms. The molecule has 0 aliphatic carbocycles. The number of cyclic esters (lactones) is 1. The molecule has 0 radical (unpaired) electrons. The molecule has 0 bridgehead atoms. The summed E-state index contributed by atoms with van der Waals surface area (Å²) in [4.78, 5) is 39.1. The third kappa shape index (κ3) is 6.93. The first-order valence-corrected chi connectivity index (χ1v) is 10.4. The molecule has 0 aromatic rings. The third-order valence-corrected chi connectivity index (χ3v) is 5.34. The molecule has 2 rings (SSSR count). The molecular formula is C21H34N2O5. The number of hydrogen-bond donors (Lipinski definition) is 2.